The van der Waals surface area contributed by atoms with Gasteiger partial charge in [0, 0.05) is 12.0 Å². The number of nitrogens with zero attached hydrogens (tertiary/aromatic N) is 1. The molecule has 1 atom stereocenters. The largest absolute Gasteiger partial charge is 0.493 e. The molecule has 0 bridgehead atoms. The van der Waals surface area contributed by atoms with Gasteiger partial charge >= 0.3 is 5.97 Å². The summed E-state index contributed by atoms with van der Waals surface area (Å²) >= 11 is 0. The Labute approximate surface area is 138 Å². The Kier molecular flexibility index (Phi) is 4.24. The van der Waals surface area contributed by atoms with Crippen LogP contribution in [0.4, 0.5) is 0 Å². The summed E-state index contributed by atoms with van der Waals surface area (Å²) in [6.07, 6.45) is 0.765. The average molecular weight is 330 g/mol. The van der Waals surface area contributed by atoms with Crippen molar-refractivity contribution in [2.24, 2.45) is 0 Å². The number of aliphatic carboxylic acids is 1. The highest BCUT2D eigenvalue weighted by atomic mass is 16.5. The molecule has 1 unspecified atom stereocenters. The maximum atomic E-state index is 12.3. The minimum atomic E-state index is -1.11. The zero-order chi connectivity index (χ0) is 17.3. The third kappa shape index (κ3) is 3.10. The lowest BCUT2D eigenvalue weighted by Crippen LogP contribution is -2.34. The number of carbonyl (C=O) groups excluding carboxylic acids is 1. The van der Waals surface area contributed by atoms with Crippen LogP contribution in [-0.4, -0.2) is 28.7 Å². The Hall–Kier alpha value is -2.83. The lowest BCUT2D eigenvalue weighted by atomic mass is 10.0. The quantitative estimate of drug-likeness (QED) is 0.865. The number of aryl methyl sites for hydroxylation is 2. The normalized spacial score (nSPS) is 13.9. The first-order valence-corrected chi connectivity index (χ1v) is 7.65. The van der Waals surface area contributed by atoms with Crippen LogP contribution in [-0.2, 0) is 22.4 Å². The zero-order valence-electron chi connectivity index (χ0n) is 13.5. The van der Waals surface area contributed by atoms with Crippen LogP contribution in [0.2, 0.25) is 0 Å². The predicted molar refractivity (Wildman–Crippen MR) is 83.8 cm³/mol. The molecule has 1 aliphatic rings. The predicted octanol–water partition coefficient (Wildman–Crippen LogP) is 1.71. The van der Waals surface area contributed by atoms with Gasteiger partial charge in [-0.05, 0) is 37.1 Å². The molecule has 2 N–H and O–H groups in total. The molecule has 1 aromatic heterocycles. The van der Waals surface area contributed by atoms with E-state index < -0.39 is 17.9 Å². The molecule has 7 heteroatoms. The van der Waals surface area contributed by atoms with Crippen molar-refractivity contribution >= 4 is 11.9 Å². The van der Waals surface area contributed by atoms with Gasteiger partial charge < -0.3 is 19.7 Å². The van der Waals surface area contributed by atoms with Crippen LogP contribution in [0, 0.1) is 13.8 Å². The van der Waals surface area contributed by atoms with Crippen molar-refractivity contribution in [3.63, 3.8) is 0 Å². The minimum absolute atomic E-state index is 0.0268. The molecule has 0 spiro atoms. The number of hydrogen-bond donors (Lipinski definition) is 2. The summed E-state index contributed by atoms with van der Waals surface area (Å²) < 4.78 is 10.4. The van der Waals surface area contributed by atoms with Crippen molar-refractivity contribution in [2.45, 2.75) is 32.7 Å². The summed E-state index contributed by atoms with van der Waals surface area (Å²) in [7, 11) is 0. The molecular formula is C17H18N2O5. The average Bonchev–Trinajstić information content (AvgIpc) is 3.13. The number of carboxylic acid groups (broad SMARTS) is 1. The van der Waals surface area contributed by atoms with Crippen LogP contribution >= 0.6 is 0 Å². The fraction of sp³-hybridized carbons (Fsp3) is 0.353. The minimum Gasteiger partial charge on any atom is -0.493 e. The number of nitrogens with one attached hydrogen (secondary N) is 1. The van der Waals surface area contributed by atoms with E-state index in [9.17, 15) is 14.7 Å². The van der Waals surface area contributed by atoms with Crippen LogP contribution in [0.1, 0.15) is 34.2 Å². The van der Waals surface area contributed by atoms with Crippen molar-refractivity contribution in [3.8, 4) is 5.75 Å². The van der Waals surface area contributed by atoms with Crippen molar-refractivity contribution in [1.82, 2.24) is 10.5 Å². The smallest absolute Gasteiger partial charge is 0.330 e. The second kappa shape index (κ2) is 6.35. The number of amides is 1. The molecule has 2 aromatic rings. The van der Waals surface area contributed by atoms with E-state index in [-0.39, 0.29) is 6.42 Å². The lowest BCUT2D eigenvalue weighted by Gasteiger charge is -2.16. The summed E-state index contributed by atoms with van der Waals surface area (Å²) in [4.78, 5) is 23.9. The third-order valence-corrected chi connectivity index (χ3v) is 4.12. The SMILES string of the molecule is Cc1noc(C)c1CC(=O)NC(C(=O)O)c1ccc2c(c1)CCO2. The summed E-state index contributed by atoms with van der Waals surface area (Å²) in [5.74, 6) is -0.177. The first kappa shape index (κ1) is 16.0. The van der Waals surface area contributed by atoms with Crippen molar-refractivity contribution < 1.29 is 24.0 Å². The molecular weight excluding hydrogens is 312 g/mol. The van der Waals surface area contributed by atoms with Crippen LogP contribution in [0.25, 0.3) is 0 Å². The number of carboxylic acids is 1. The molecule has 0 saturated carbocycles. The van der Waals surface area contributed by atoms with E-state index in [1.54, 1.807) is 32.0 Å². The van der Waals surface area contributed by atoms with Gasteiger partial charge in [0.05, 0.1) is 18.7 Å². The van der Waals surface area contributed by atoms with Gasteiger partial charge in [-0.15, -0.1) is 0 Å². The Balaban J connectivity index is 1.77. The highest BCUT2D eigenvalue weighted by Crippen LogP contribution is 2.28. The number of rotatable bonds is 5. The second-order valence-electron chi connectivity index (χ2n) is 5.78. The maximum Gasteiger partial charge on any atom is 0.330 e. The van der Waals surface area contributed by atoms with E-state index in [1.807, 2.05) is 0 Å². The summed E-state index contributed by atoms with van der Waals surface area (Å²) in [6.45, 7) is 4.06. The fourth-order valence-corrected chi connectivity index (χ4v) is 2.80. The third-order valence-electron chi connectivity index (χ3n) is 4.12. The van der Waals surface area contributed by atoms with Crippen molar-refractivity contribution in [2.75, 3.05) is 6.61 Å². The summed E-state index contributed by atoms with van der Waals surface area (Å²) in [5, 5.41) is 15.8. The molecule has 0 fully saturated rings. The molecule has 1 aromatic carbocycles. The van der Waals surface area contributed by atoms with E-state index in [0.717, 1.165) is 17.7 Å². The number of fused-ring (bicyclic) bond motifs is 1. The zero-order valence-corrected chi connectivity index (χ0v) is 13.5. The van der Waals surface area contributed by atoms with E-state index in [0.29, 0.717) is 29.2 Å². The Morgan fingerprint density at radius 1 is 1.38 bits per heavy atom. The molecule has 24 heavy (non-hydrogen) atoms. The topological polar surface area (TPSA) is 102 Å². The summed E-state index contributed by atoms with van der Waals surface area (Å²) in [5.41, 5.74) is 2.79. The number of aromatic nitrogens is 1. The van der Waals surface area contributed by atoms with Gasteiger partial charge in [0.25, 0.3) is 0 Å². The molecule has 1 amide bonds. The standard InChI is InChI=1S/C17H18N2O5/c1-9-13(10(2)24-19-9)8-15(20)18-16(17(21)22)12-3-4-14-11(7-12)5-6-23-14/h3-4,7,16H,5-6,8H2,1-2H3,(H,18,20)(H,21,22). The van der Waals surface area contributed by atoms with Crippen LogP contribution in [0.3, 0.4) is 0 Å². The monoisotopic (exact) mass is 330 g/mol. The van der Waals surface area contributed by atoms with Gasteiger partial charge in [0.15, 0.2) is 6.04 Å². The Bertz CT molecular complexity index is 777. The molecule has 7 nitrogen and oxygen atoms in total. The van der Waals surface area contributed by atoms with Crippen molar-refractivity contribution in [1.29, 1.82) is 0 Å². The highest BCUT2D eigenvalue weighted by molar-refractivity contribution is 5.86. The molecule has 3 rings (SSSR count). The van der Waals surface area contributed by atoms with Crippen LogP contribution < -0.4 is 10.1 Å². The number of hydrogen-bond acceptors (Lipinski definition) is 5. The molecule has 0 radical (unpaired) electrons. The van der Waals surface area contributed by atoms with Crippen LogP contribution in [0.15, 0.2) is 22.7 Å². The van der Waals surface area contributed by atoms with Gasteiger partial charge in [-0.25, -0.2) is 4.79 Å². The first-order valence-electron chi connectivity index (χ1n) is 7.65. The van der Waals surface area contributed by atoms with Gasteiger partial charge in [-0.1, -0.05) is 11.2 Å². The van der Waals surface area contributed by atoms with Gasteiger partial charge in [0.2, 0.25) is 5.91 Å². The molecule has 0 aliphatic carbocycles. The Morgan fingerprint density at radius 3 is 2.83 bits per heavy atom. The molecule has 1 aliphatic heterocycles. The van der Waals surface area contributed by atoms with Gasteiger partial charge in [0.1, 0.15) is 11.5 Å². The molecule has 2 heterocycles. The lowest BCUT2D eigenvalue weighted by molar-refractivity contribution is -0.141. The van der Waals surface area contributed by atoms with E-state index in [1.165, 1.54) is 0 Å². The first-order chi connectivity index (χ1) is 11.5. The number of ether oxygens (including phenoxy) is 1. The van der Waals surface area contributed by atoms with E-state index in [2.05, 4.69) is 10.5 Å². The van der Waals surface area contributed by atoms with Crippen LogP contribution in [0.5, 0.6) is 5.75 Å². The molecule has 126 valence electrons. The molecule has 0 saturated heterocycles. The number of carbonyl (C=O) groups is 2. The highest BCUT2D eigenvalue weighted by Gasteiger charge is 2.25. The van der Waals surface area contributed by atoms with Gasteiger partial charge in [-0.2, -0.15) is 0 Å². The van der Waals surface area contributed by atoms with Gasteiger partial charge in [-0.3, -0.25) is 4.79 Å². The number of benzene rings is 1. The Morgan fingerprint density at radius 2 is 2.17 bits per heavy atom. The maximum absolute atomic E-state index is 12.3. The van der Waals surface area contributed by atoms with E-state index in [4.69, 9.17) is 9.26 Å². The van der Waals surface area contributed by atoms with Crippen molar-refractivity contribution in [3.05, 3.63) is 46.3 Å². The fourth-order valence-electron chi connectivity index (χ4n) is 2.80. The second-order valence-corrected chi connectivity index (χ2v) is 5.78. The van der Waals surface area contributed by atoms with E-state index >= 15 is 0 Å². The summed E-state index contributed by atoms with van der Waals surface area (Å²) in [6, 6.07) is 4.08.